The van der Waals surface area contributed by atoms with Crippen LogP contribution in [-0.4, -0.2) is 74.3 Å². The molecule has 0 radical (unpaired) electrons. The van der Waals surface area contributed by atoms with Gasteiger partial charge in [-0.2, -0.15) is 0 Å². The summed E-state index contributed by atoms with van der Waals surface area (Å²) in [5, 5.41) is 6.32. The van der Waals surface area contributed by atoms with E-state index < -0.39 is 0 Å². The summed E-state index contributed by atoms with van der Waals surface area (Å²) in [6, 6.07) is 8.58. The average Bonchev–Trinajstić information content (AvgIpc) is 2.84. The van der Waals surface area contributed by atoms with E-state index in [0.29, 0.717) is 54.2 Å². The fraction of sp³-hybridized carbons (Fsp3) is 0.400. The molecule has 8 nitrogen and oxygen atoms in total. The van der Waals surface area contributed by atoms with Crippen molar-refractivity contribution < 1.29 is 13.9 Å². The highest BCUT2D eigenvalue weighted by Gasteiger charge is 2.17. The van der Waals surface area contributed by atoms with Gasteiger partial charge in [0.05, 0.1) is 30.6 Å². The molecule has 1 aromatic heterocycles. The lowest BCUT2D eigenvalue weighted by Gasteiger charge is -2.27. The summed E-state index contributed by atoms with van der Waals surface area (Å²) in [6.07, 6.45) is 1.74. The third-order valence-corrected chi connectivity index (χ3v) is 5.93. The van der Waals surface area contributed by atoms with Crippen molar-refractivity contribution in [3.05, 3.63) is 59.0 Å². The summed E-state index contributed by atoms with van der Waals surface area (Å²) in [5.41, 5.74) is 3.90. The number of rotatable bonds is 8. The van der Waals surface area contributed by atoms with Gasteiger partial charge in [-0.3, -0.25) is 9.78 Å². The average molecular weight is 467 g/mol. The Morgan fingerprint density at radius 3 is 2.79 bits per heavy atom. The van der Waals surface area contributed by atoms with Gasteiger partial charge in [0, 0.05) is 38.3 Å². The number of carbonyl (C=O) groups is 1. The fourth-order valence-corrected chi connectivity index (χ4v) is 3.85. The largest absolute Gasteiger partial charge is 0.379 e. The molecule has 0 aliphatic carbocycles. The Bertz CT molecular complexity index is 1160. The van der Waals surface area contributed by atoms with Crippen molar-refractivity contribution in [2.75, 3.05) is 63.7 Å². The van der Waals surface area contributed by atoms with Gasteiger partial charge in [-0.05, 0) is 50.3 Å². The molecule has 2 heterocycles. The highest BCUT2D eigenvalue weighted by molar-refractivity contribution is 6.01. The number of amides is 1. The Balaban J connectivity index is 1.66. The van der Waals surface area contributed by atoms with E-state index in [-0.39, 0.29) is 11.7 Å². The van der Waals surface area contributed by atoms with Crippen LogP contribution in [0.15, 0.2) is 36.5 Å². The molecule has 180 valence electrons. The molecule has 1 amide bonds. The van der Waals surface area contributed by atoms with Crippen molar-refractivity contribution in [1.82, 2.24) is 20.2 Å². The second kappa shape index (κ2) is 10.8. The number of nitrogens with one attached hydrogen (secondary N) is 2. The molecular weight excluding hydrogens is 435 g/mol. The number of ether oxygens (including phenoxy) is 1. The molecule has 0 spiro atoms. The summed E-state index contributed by atoms with van der Waals surface area (Å²) < 4.78 is 19.5. The van der Waals surface area contributed by atoms with Crippen LogP contribution in [0.3, 0.4) is 0 Å². The Morgan fingerprint density at radius 1 is 1.24 bits per heavy atom. The predicted octanol–water partition coefficient (Wildman–Crippen LogP) is 2.82. The van der Waals surface area contributed by atoms with Gasteiger partial charge in [-0.25, -0.2) is 9.37 Å². The number of hydrogen-bond donors (Lipinski definition) is 2. The van der Waals surface area contributed by atoms with Crippen molar-refractivity contribution >= 4 is 28.4 Å². The maximum absolute atomic E-state index is 14.0. The van der Waals surface area contributed by atoms with Crippen LogP contribution in [-0.2, 0) is 11.3 Å². The zero-order chi connectivity index (χ0) is 24.1. The molecule has 0 unspecified atom stereocenters. The zero-order valence-corrected chi connectivity index (χ0v) is 19.9. The first-order valence-corrected chi connectivity index (χ1v) is 11.5. The van der Waals surface area contributed by atoms with E-state index in [0.717, 1.165) is 31.0 Å². The molecule has 2 aromatic carbocycles. The van der Waals surface area contributed by atoms with Gasteiger partial charge in [-0.1, -0.05) is 12.1 Å². The van der Waals surface area contributed by atoms with Gasteiger partial charge in [0.25, 0.3) is 5.91 Å². The molecule has 2 N–H and O–H groups in total. The van der Waals surface area contributed by atoms with Gasteiger partial charge in [0.1, 0.15) is 17.2 Å². The minimum atomic E-state index is -0.243. The number of morpholine rings is 1. The van der Waals surface area contributed by atoms with E-state index >= 15 is 0 Å². The maximum atomic E-state index is 14.0. The summed E-state index contributed by atoms with van der Waals surface area (Å²) in [7, 11) is 3.92. The molecule has 1 fully saturated rings. The van der Waals surface area contributed by atoms with Crippen molar-refractivity contribution in [2.45, 2.75) is 13.5 Å². The summed E-state index contributed by atoms with van der Waals surface area (Å²) in [5.74, 6) is 0.351. The third-order valence-electron chi connectivity index (χ3n) is 5.93. The van der Waals surface area contributed by atoms with E-state index in [1.165, 1.54) is 6.07 Å². The van der Waals surface area contributed by atoms with Crippen LogP contribution in [0.4, 0.5) is 15.9 Å². The van der Waals surface area contributed by atoms with Crippen LogP contribution < -0.4 is 15.5 Å². The fourth-order valence-electron chi connectivity index (χ4n) is 3.85. The lowest BCUT2D eigenvalue weighted by atomic mass is 10.1. The lowest BCUT2D eigenvalue weighted by Crippen LogP contribution is -2.36. The Morgan fingerprint density at radius 2 is 2.03 bits per heavy atom. The van der Waals surface area contributed by atoms with E-state index in [2.05, 4.69) is 20.5 Å². The van der Waals surface area contributed by atoms with Crippen LogP contribution in [0.5, 0.6) is 0 Å². The highest BCUT2D eigenvalue weighted by atomic mass is 19.1. The van der Waals surface area contributed by atoms with Crippen molar-refractivity contribution in [3.8, 4) is 0 Å². The topological polar surface area (TPSA) is 82.6 Å². The molecule has 1 saturated heterocycles. The molecular formula is C25H31FN6O2. The lowest BCUT2D eigenvalue weighted by molar-refractivity contribution is 0.0951. The smallest absolute Gasteiger partial charge is 0.251 e. The first-order valence-electron chi connectivity index (χ1n) is 11.5. The SMILES string of the molecule is Cc1c(F)cccc1CNc1cc(C(=O)NCCN(C)C)cc2ncc(N3CCOCC3)nc12. The number of benzene rings is 2. The summed E-state index contributed by atoms with van der Waals surface area (Å²) >= 11 is 0. The molecule has 3 aromatic rings. The molecule has 1 aliphatic rings. The molecule has 9 heteroatoms. The second-order valence-corrected chi connectivity index (χ2v) is 8.66. The van der Waals surface area contributed by atoms with E-state index in [4.69, 9.17) is 9.72 Å². The van der Waals surface area contributed by atoms with Crippen LogP contribution >= 0.6 is 0 Å². The predicted molar refractivity (Wildman–Crippen MR) is 132 cm³/mol. The molecule has 0 atom stereocenters. The number of hydrogen-bond acceptors (Lipinski definition) is 7. The molecule has 1 aliphatic heterocycles. The number of fused-ring (bicyclic) bond motifs is 1. The second-order valence-electron chi connectivity index (χ2n) is 8.66. The minimum Gasteiger partial charge on any atom is -0.379 e. The normalized spacial score (nSPS) is 14.0. The third kappa shape index (κ3) is 5.60. The zero-order valence-electron chi connectivity index (χ0n) is 19.9. The van der Waals surface area contributed by atoms with E-state index in [1.54, 1.807) is 31.3 Å². The van der Waals surface area contributed by atoms with Crippen LogP contribution in [0.25, 0.3) is 11.0 Å². The molecule has 34 heavy (non-hydrogen) atoms. The van der Waals surface area contributed by atoms with Crippen molar-refractivity contribution in [2.24, 2.45) is 0 Å². The first-order chi connectivity index (χ1) is 16.4. The first kappa shape index (κ1) is 23.8. The Kier molecular flexibility index (Phi) is 7.54. The van der Waals surface area contributed by atoms with E-state index in [1.807, 2.05) is 25.1 Å². The number of anilines is 2. The molecule has 4 rings (SSSR count). The monoisotopic (exact) mass is 466 g/mol. The highest BCUT2D eigenvalue weighted by Crippen LogP contribution is 2.26. The number of nitrogens with zero attached hydrogens (tertiary/aromatic N) is 4. The van der Waals surface area contributed by atoms with E-state index in [9.17, 15) is 9.18 Å². The Hall–Kier alpha value is -3.30. The number of carbonyl (C=O) groups excluding carboxylic acids is 1. The Labute approximate surface area is 199 Å². The van der Waals surface area contributed by atoms with Gasteiger partial charge in [0.2, 0.25) is 0 Å². The molecule has 0 saturated carbocycles. The number of halogens is 1. The quantitative estimate of drug-likeness (QED) is 0.528. The number of likely N-dealkylation sites (N-methyl/N-ethyl adjacent to an activating group) is 1. The van der Waals surface area contributed by atoms with Crippen molar-refractivity contribution in [1.29, 1.82) is 0 Å². The van der Waals surface area contributed by atoms with Crippen LogP contribution in [0, 0.1) is 12.7 Å². The van der Waals surface area contributed by atoms with Gasteiger partial charge in [0.15, 0.2) is 0 Å². The number of aromatic nitrogens is 2. The standard InChI is InChI=1S/C25H31FN6O2/c1-17-18(5-4-6-20(17)26)15-28-21-13-19(25(33)27-7-8-31(2)3)14-22-24(21)30-23(16-29-22)32-9-11-34-12-10-32/h4-6,13-14,16,28H,7-12,15H2,1-3H3,(H,27,33). The summed E-state index contributed by atoms with van der Waals surface area (Å²) in [6.45, 7) is 6.23. The van der Waals surface area contributed by atoms with Crippen molar-refractivity contribution in [3.63, 3.8) is 0 Å². The van der Waals surface area contributed by atoms with Gasteiger partial charge >= 0.3 is 0 Å². The minimum absolute atomic E-state index is 0.173. The van der Waals surface area contributed by atoms with Crippen LogP contribution in [0.2, 0.25) is 0 Å². The van der Waals surface area contributed by atoms with Gasteiger partial charge < -0.3 is 25.2 Å². The van der Waals surface area contributed by atoms with Gasteiger partial charge in [-0.15, -0.1) is 0 Å². The van der Waals surface area contributed by atoms with Crippen LogP contribution in [0.1, 0.15) is 21.5 Å². The summed E-state index contributed by atoms with van der Waals surface area (Å²) in [4.78, 5) is 26.5. The maximum Gasteiger partial charge on any atom is 0.251 e. The molecule has 0 bridgehead atoms.